The van der Waals surface area contributed by atoms with Gasteiger partial charge in [-0.05, 0) is 48.7 Å². The first-order chi connectivity index (χ1) is 13.5. The number of carboxylic acid groups (broad SMARTS) is 1. The highest BCUT2D eigenvalue weighted by atomic mass is 16.5. The van der Waals surface area contributed by atoms with Gasteiger partial charge in [0.1, 0.15) is 11.5 Å². The number of nitrogens with zero attached hydrogens (tertiary/aromatic N) is 1. The molecule has 3 rings (SSSR count). The number of carboxylic acids is 1. The molecule has 0 saturated carbocycles. The topological polar surface area (TPSA) is 78.9 Å². The molecule has 1 aliphatic heterocycles. The Morgan fingerprint density at radius 3 is 2.43 bits per heavy atom. The third kappa shape index (κ3) is 5.82. The number of ether oxygens (including phenoxy) is 1. The maximum Gasteiger partial charge on any atom is 0.307 e. The summed E-state index contributed by atoms with van der Waals surface area (Å²) in [6.07, 6.45) is 1.04. The van der Waals surface area contributed by atoms with Gasteiger partial charge in [0, 0.05) is 31.7 Å². The third-order valence-electron chi connectivity index (χ3n) is 4.86. The van der Waals surface area contributed by atoms with Crippen molar-refractivity contribution in [2.45, 2.75) is 19.8 Å². The van der Waals surface area contributed by atoms with E-state index in [9.17, 15) is 14.7 Å². The van der Waals surface area contributed by atoms with Crippen molar-refractivity contribution in [2.75, 3.05) is 25.0 Å². The number of nitrogens with one attached hydrogen (secondary N) is 1. The summed E-state index contributed by atoms with van der Waals surface area (Å²) in [6, 6.07) is 16.7. The van der Waals surface area contributed by atoms with Crippen LogP contribution in [0.1, 0.15) is 19.8 Å². The van der Waals surface area contributed by atoms with Crippen LogP contribution in [0.5, 0.6) is 11.5 Å². The summed E-state index contributed by atoms with van der Waals surface area (Å²) in [5.41, 5.74) is 0.709. The largest absolute Gasteiger partial charge is 0.481 e. The van der Waals surface area contributed by atoms with Gasteiger partial charge in [0.25, 0.3) is 0 Å². The molecule has 2 aromatic carbocycles. The molecule has 1 saturated heterocycles. The number of rotatable bonds is 7. The maximum atomic E-state index is 12.2. The molecule has 0 spiro atoms. The average molecular weight is 382 g/mol. The van der Waals surface area contributed by atoms with Crippen LogP contribution in [0.4, 0.5) is 5.69 Å². The Morgan fingerprint density at radius 1 is 1.07 bits per heavy atom. The Kier molecular flexibility index (Phi) is 6.66. The zero-order valence-electron chi connectivity index (χ0n) is 16.0. The predicted molar refractivity (Wildman–Crippen MR) is 108 cm³/mol. The normalized spacial score (nSPS) is 19.8. The molecule has 2 atom stereocenters. The Morgan fingerprint density at radius 2 is 1.75 bits per heavy atom. The molecule has 6 heteroatoms. The molecule has 1 fully saturated rings. The average Bonchev–Trinajstić information content (AvgIpc) is 2.68. The van der Waals surface area contributed by atoms with Crippen LogP contribution in [0.2, 0.25) is 0 Å². The van der Waals surface area contributed by atoms with Crippen LogP contribution in [0.25, 0.3) is 0 Å². The van der Waals surface area contributed by atoms with Crippen LogP contribution in [0.3, 0.4) is 0 Å². The van der Waals surface area contributed by atoms with Crippen molar-refractivity contribution in [1.29, 1.82) is 0 Å². The van der Waals surface area contributed by atoms with E-state index >= 15 is 0 Å². The molecule has 148 valence electrons. The molecule has 0 aromatic heterocycles. The minimum absolute atomic E-state index is 0.0816. The summed E-state index contributed by atoms with van der Waals surface area (Å²) in [4.78, 5) is 25.6. The summed E-state index contributed by atoms with van der Waals surface area (Å²) >= 11 is 0. The Labute approximate surface area is 165 Å². The number of para-hydroxylation sites is 1. The molecule has 2 N–H and O–H groups in total. The van der Waals surface area contributed by atoms with Gasteiger partial charge in [0.05, 0.1) is 5.92 Å². The summed E-state index contributed by atoms with van der Waals surface area (Å²) < 4.78 is 5.74. The lowest BCUT2D eigenvalue weighted by Crippen LogP contribution is -2.43. The smallest absolute Gasteiger partial charge is 0.307 e. The van der Waals surface area contributed by atoms with Crippen molar-refractivity contribution in [3.63, 3.8) is 0 Å². The number of carbonyl (C=O) groups is 2. The van der Waals surface area contributed by atoms with Crippen LogP contribution in [0, 0.1) is 11.8 Å². The van der Waals surface area contributed by atoms with Crippen molar-refractivity contribution in [3.05, 3.63) is 54.6 Å². The Balaban J connectivity index is 1.46. The van der Waals surface area contributed by atoms with Gasteiger partial charge in [0.15, 0.2) is 0 Å². The summed E-state index contributed by atoms with van der Waals surface area (Å²) in [7, 11) is 0. The number of benzene rings is 2. The van der Waals surface area contributed by atoms with E-state index in [1.165, 1.54) is 0 Å². The molecule has 28 heavy (non-hydrogen) atoms. The first kappa shape index (κ1) is 19.9. The highest BCUT2D eigenvalue weighted by Crippen LogP contribution is 2.23. The Hall–Kier alpha value is -2.86. The van der Waals surface area contributed by atoms with E-state index in [4.69, 9.17) is 4.74 Å². The lowest BCUT2D eigenvalue weighted by atomic mass is 9.90. The number of likely N-dealkylation sites (tertiary alicyclic amines) is 1. The van der Waals surface area contributed by atoms with Gasteiger partial charge >= 0.3 is 5.97 Å². The number of hydrogen-bond donors (Lipinski definition) is 2. The summed E-state index contributed by atoms with van der Waals surface area (Å²) in [6.45, 7) is 3.97. The number of hydrogen-bond acceptors (Lipinski definition) is 4. The highest BCUT2D eigenvalue weighted by molar-refractivity contribution is 5.90. The summed E-state index contributed by atoms with van der Waals surface area (Å²) in [5, 5.41) is 12.1. The fourth-order valence-corrected chi connectivity index (χ4v) is 3.54. The molecule has 0 bridgehead atoms. The standard InChI is InChI=1S/C22H26N2O4/c1-16-13-17(22(26)27)15-24(14-16)12-11-21(25)23-18-7-9-20(10-8-18)28-19-5-3-2-4-6-19/h2-10,16-17H,11-15H2,1H3,(H,23,25)(H,26,27). The van der Waals surface area contributed by atoms with Crippen LogP contribution < -0.4 is 10.1 Å². The molecular formula is C22H26N2O4. The second-order valence-corrected chi connectivity index (χ2v) is 7.37. The van der Waals surface area contributed by atoms with Gasteiger partial charge in [0.2, 0.25) is 5.91 Å². The number of carbonyl (C=O) groups excluding carboxylic acids is 1. The number of amides is 1. The van der Waals surface area contributed by atoms with Gasteiger partial charge in [-0.2, -0.15) is 0 Å². The molecule has 2 aromatic rings. The number of anilines is 1. The fraction of sp³-hybridized carbons (Fsp3) is 0.364. The monoisotopic (exact) mass is 382 g/mol. The lowest BCUT2D eigenvalue weighted by Gasteiger charge is -2.34. The van der Waals surface area contributed by atoms with E-state index in [-0.39, 0.29) is 11.8 Å². The van der Waals surface area contributed by atoms with Crippen molar-refractivity contribution in [2.24, 2.45) is 11.8 Å². The fourth-order valence-electron chi connectivity index (χ4n) is 3.54. The van der Waals surface area contributed by atoms with Crippen molar-refractivity contribution in [1.82, 2.24) is 4.90 Å². The van der Waals surface area contributed by atoms with Crippen LogP contribution in [0.15, 0.2) is 54.6 Å². The van der Waals surface area contributed by atoms with Crippen LogP contribution in [-0.2, 0) is 9.59 Å². The predicted octanol–water partition coefficient (Wildman–Crippen LogP) is 3.85. The maximum absolute atomic E-state index is 12.2. The SMILES string of the molecule is CC1CC(C(=O)O)CN(CCC(=O)Nc2ccc(Oc3ccccc3)cc2)C1. The number of piperidine rings is 1. The van der Waals surface area contributed by atoms with Crippen molar-refractivity contribution >= 4 is 17.6 Å². The third-order valence-corrected chi connectivity index (χ3v) is 4.86. The van der Waals surface area contributed by atoms with E-state index in [0.29, 0.717) is 43.3 Å². The first-order valence-corrected chi connectivity index (χ1v) is 9.57. The van der Waals surface area contributed by atoms with Crippen molar-refractivity contribution in [3.8, 4) is 11.5 Å². The van der Waals surface area contributed by atoms with Gasteiger partial charge < -0.3 is 20.1 Å². The molecule has 0 aliphatic carbocycles. The molecule has 0 radical (unpaired) electrons. The second kappa shape index (κ2) is 9.37. The zero-order chi connectivity index (χ0) is 19.9. The minimum Gasteiger partial charge on any atom is -0.481 e. The Bertz CT molecular complexity index is 792. The molecule has 1 aliphatic rings. The van der Waals surface area contributed by atoms with Gasteiger partial charge in [-0.15, -0.1) is 0 Å². The van der Waals surface area contributed by atoms with E-state index in [1.807, 2.05) is 42.5 Å². The molecule has 1 amide bonds. The van der Waals surface area contributed by atoms with Gasteiger partial charge in [-0.25, -0.2) is 0 Å². The number of aliphatic carboxylic acids is 1. The minimum atomic E-state index is -0.751. The van der Waals surface area contributed by atoms with Gasteiger partial charge in [-0.1, -0.05) is 25.1 Å². The second-order valence-electron chi connectivity index (χ2n) is 7.37. The first-order valence-electron chi connectivity index (χ1n) is 9.57. The van der Waals surface area contributed by atoms with E-state index in [1.54, 1.807) is 12.1 Å². The molecule has 1 heterocycles. The van der Waals surface area contributed by atoms with E-state index in [2.05, 4.69) is 17.1 Å². The zero-order valence-corrected chi connectivity index (χ0v) is 16.0. The molecule has 2 unspecified atom stereocenters. The van der Waals surface area contributed by atoms with Crippen LogP contribution >= 0.6 is 0 Å². The quantitative estimate of drug-likeness (QED) is 0.760. The highest BCUT2D eigenvalue weighted by Gasteiger charge is 2.29. The van der Waals surface area contributed by atoms with Crippen LogP contribution in [-0.4, -0.2) is 41.5 Å². The van der Waals surface area contributed by atoms with E-state index in [0.717, 1.165) is 12.3 Å². The van der Waals surface area contributed by atoms with E-state index < -0.39 is 5.97 Å². The summed E-state index contributed by atoms with van der Waals surface area (Å²) in [5.74, 6) is 0.612. The lowest BCUT2D eigenvalue weighted by molar-refractivity contribution is -0.144. The molecular weight excluding hydrogens is 356 g/mol. The van der Waals surface area contributed by atoms with Crippen molar-refractivity contribution < 1.29 is 19.4 Å². The molecule has 6 nitrogen and oxygen atoms in total. The van der Waals surface area contributed by atoms with Gasteiger partial charge in [-0.3, -0.25) is 9.59 Å².